The van der Waals surface area contributed by atoms with E-state index in [1.807, 2.05) is 12.1 Å². The molecule has 0 N–H and O–H groups in total. The predicted molar refractivity (Wildman–Crippen MR) is 56.5 cm³/mol. The average Bonchev–Trinajstić information content (AvgIpc) is 2.47. The molecule has 2 rings (SSSR count). The van der Waals surface area contributed by atoms with E-state index in [-0.39, 0.29) is 5.82 Å². The first-order valence-electron chi connectivity index (χ1n) is 3.64. The molecule has 4 heteroatoms. The van der Waals surface area contributed by atoms with Gasteiger partial charge in [-0.2, -0.15) is 0 Å². The third-order valence-electron chi connectivity index (χ3n) is 1.72. The molecule has 0 aliphatic rings. The van der Waals surface area contributed by atoms with Crippen molar-refractivity contribution >= 4 is 42.8 Å². The average molecular weight is 308 g/mol. The lowest BCUT2D eigenvalue weighted by molar-refractivity contribution is 0.536. The lowest BCUT2D eigenvalue weighted by Crippen LogP contribution is -1.74. The smallest absolute Gasteiger partial charge is 0.170 e. The molecule has 1 aromatic heterocycles. The van der Waals surface area contributed by atoms with Crippen LogP contribution < -0.4 is 0 Å². The van der Waals surface area contributed by atoms with Gasteiger partial charge in [-0.05, 0) is 18.2 Å². The summed E-state index contributed by atoms with van der Waals surface area (Å²) < 4.78 is 19.2. The summed E-state index contributed by atoms with van der Waals surface area (Å²) in [6, 6.07) is 5.04. The lowest BCUT2D eigenvalue weighted by atomic mass is 10.2. The summed E-state index contributed by atoms with van der Waals surface area (Å²) in [7, 11) is 0. The standard InChI is InChI=1S/C9H5Br2FO/c10-4-7-2-5-1-6(11)3-8(12)9(5)13-7/h1-3H,4H2. The minimum atomic E-state index is -0.337. The molecule has 0 atom stereocenters. The monoisotopic (exact) mass is 306 g/mol. The molecular weight excluding hydrogens is 303 g/mol. The highest BCUT2D eigenvalue weighted by Crippen LogP contribution is 2.27. The summed E-state index contributed by atoms with van der Waals surface area (Å²) in [6.07, 6.45) is 0. The zero-order valence-corrected chi connectivity index (χ0v) is 9.65. The molecule has 1 heterocycles. The fourth-order valence-electron chi connectivity index (χ4n) is 1.20. The van der Waals surface area contributed by atoms with Gasteiger partial charge in [0.15, 0.2) is 11.4 Å². The van der Waals surface area contributed by atoms with Gasteiger partial charge in [-0.1, -0.05) is 31.9 Å². The summed E-state index contributed by atoms with van der Waals surface area (Å²) in [5.74, 6) is 0.392. The molecule has 2 aromatic rings. The Kier molecular flexibility index (Phi) is 2.43. The predicted octanol–water partition coefficient (Wildman–Crippen LogP) is 4.23. The van der Waals surface area contributed by atoms with Crippen molar-refractivity contribution in [1.82, 2.24) is 0 Å². The van der Waals surface area contributed by atoms with Crippen molar-refractivity contribution in [3.8, 4) is 0 Å². The van der Waals surface area contributed by atoms with Gasteiger partial charge in [0.2, 0.25) is 0 Å². The van der Waals surface area contributed by atoms with Crippen LogP contribution in [0.1, 0.15) is 5.76 Å². The van der Waals surface area contributed by atoms with Gasteiger partial charge in [0.05, 0.1) is 5.33 Å². The van der Waals surface area contributed by atoms with Gasteiger partial charge in [-0.15, -0.1) is 0 Å². The van der Waals surface area contributed by atoms with E-state index in [0.29, 0.717) is 10.9 Å². The fraction of sp³-hybridized carbons (Fsp3) is 0.111. The first-order valence-corrected chi connectivity index (χ1v) is 5.55. The molecular formula is C9H5Br2FO. The highest BCUT2D eigenvalue weighted by atomic mass is 79.9. The fourth-order valence-corrected chi connectivity index (χ4v) is 1.92. The highest BCUT2D eigenvalue weighted by Gasteiger charge is 2.08. The van der Waals surface area contributed by atoms with Crippen LogP contribution in [0, 0.1) is 5.82 Å². The van der Waals surface area contributed by atoms with Crippen LogP contribution in [0.5, 0.6) is 0 Å². The van der Waals surface area contributed by atoms with Crippen molar-refractivity contribution in [3.63, 3.8) is 0 Å². The lowest BCUT2D eigenvalue weighted by Gasteiger charge is -1.92. The Morgan fingerprint density at radius 1 is 1.31 bits per heavy atom. The molecule has 0 saturated heterocycles. The Morgan fingerprint density at radius 3 is 2.77 bits per heavy atom. The summed E-state index contributed by atoms with van der Waals surface area (Å²) in [4.78, 5) is 0. The van der Waals surface area contributed by atoms with Crippen LogP contribution >= 0.6 is 31.9 Å². The van der Waals surface area contributed by atoms with E-state index in [0.717, 1.165) is 15.6 Å². The Labute approximate surface area is 91.2 Å². The van der Waals surface area contributed by atoms with Crippen LogP contribution in [0.25, 0.3) is 11.0 Å². The van der Waals surface area contributed by atoms with Gasteiger partial charge in [-0.3, -0.25) is 0 Å². The second kappa shape index (κ2) is 3.42. The van der Waals surface area contributed by atoms with E-state index < -0.39 is 0 Å². The number of hydrogen-bond acceptors (Lipinski definition) is 1. The normalized spacial score (nSPS) is 11.0. The molecule has 0 aliphatic carbocycles. The second-order valence-corrected chi connectivity index (χ2v) is 4.13. The van der Waals surface area contributed by atoms with Gasteiger partial charge < -0.3 is 4.42 Å². The SMILES string of the molecule is Fc1cc(Br)cc2cc(CBr)oc12. The Morgan fingerprint density at radius 2 is 2.08 bits per heavy atom. The van der Waals surface area contributed by atoms with Crippen molar-refractivity contribution in [2.24, 2.45) is 0 Å². The van der Waals surface area contributed by atoms with Crippen molar-refractivity contribution < 1.29 is 8.81 Å². The third-order valence-corrected chi connectivity index (χ3v) is 2.73. The highest BCUT2D eigenvalue weighted by molar-refractivity contribution is 9.10. The summed E-state index contributed by atoms with van der Waals surface area (Å²) in [5.41, 5.74) is 0.317. The van der Waals surface area contributed by atoms with Crippen molar-refractivity contribution in [2.45, 2.75) is 5.33 Å². The third kappa shape index (κ3) is 1.65. The van der Waals surface area contributed by atoms with Gasteiger partial charge in [-0.25, -0.2) is 4.39 Å². The minimum Gasteiger partial charge on any atom is -0.457 e. The van der Waals surface area contributed by atoms with Crippen molar-refractivity contribution in [3.05, 3.63) is 34.2 Å². The molecule has 0 spiro atoms. The van der Waals surface area contributed by atoms with Crippen LogP contribution in [-0.2, 0) is 5.33 Å². The molecule has 0 unspecified atom stereocenters. The summed E-state index contributed by atoms with van der Waals surface area (Å²) >= 11 is 6.47. The Balaban J connectivity index is 2.75. The van der Waals surface area contributed by atoms with Gasteiger partial charge in [0.1, 0.15) is 5.76 Å². The van der Waals surface area contributed by atoms with Crippen LogP contribution in [0.2, 0.25) is 0 Å². The number of rotatable bonds is 1. The van der Waals surface area contributed by atoms with Crippen LogP contribution in [-0.4, -0.2) is 0 Å². The van der Waals surface area contributed by atoms with E-state index in [1.54, 1.807) is 0 Å². The van der Waals surface area contributed by atoms with E-state index in [4.69, 9.17) is 4.42 Å². The van der Waals surface area contributed by atoms with E-state index in [2.05, 4.69) is 31.9 Å². The molecule has 1 aromatic carbocycles. The molecule has 0 aliphatic heterocycles. The zero-order chi connectivity index (χ0) is 9.42. The largest absolute Gasteiger partial charge is 0.457 e. The zero-order valence-electron chi connectivity index (χ0n) is 6.48. The maximum Gasteiger partial charge on any atom is 0.170 e. The van der Waals surface area contributed by atoms with Crippen LogP contribution in [0.15, 0.2) is 27.1 Å². The van der Waals surface area contributed by atoms with E-state index >= 15 is 0 Å². The number of halogens is 3. The second-order valence-electron chi connectivity index (χ2n) is 2.65. The van der Waals surface area contributed by atoms with Crippen molar-refractivity contribution in [1.29, 1.82) is 0 Å². The van der Waals surface area contributed by atoms with E-state index in [1.165, 1.54) is 6.07 Å². The maximum absolute atomic E-state index is 13.3. The summed E-state index contributed by atoms with van der Waals surface area (Å²) in [6.45, 7) is 0. The minimum absolute atomic E-state index is 0.317. The number of fused-ring (bicyclic) bond motifs is 1. The number of hydrogen-bond donors (Lipinski definition) is 0. The molecule has 0 bridgehead atoms. The molecule has 0 amide bonds. The maximum atomic E-state index is 13.3. The molecule has 0 radical (unpaired) electrons. The quantitative estimate of drug-likeness (QED) is 0.719. The van der Waals surface area contributed by atoms with Crippen LogP contribution in [0.3, 0.4) is 0 Å². The first-order chi connectivity index (χ1) is 6.20. The number of benzene rings is 1. The number of alkyl halides is 1. The molecule has 0 fully saturated rings. The Hall–Kier alpha value is -0.350. The van der Waals surface area contributed by atoms with Gasteiger partial charge >= 0.3 is 0 Å². The summed E-state index contributed by atoms with van der Waals surface area (Å²) in [5, 5.41) is 1.37. The molecule has 0 saturated carbocycles. The van der Waals surface area contributed by atoms with Gasteiger partial charge in [0.25, 0.3) is 0 Å². The van der Waals surface area contributed by atoms with E-state index in [9.17, 15) is 4.39 Å². The van der Waals surface area contributed by atoms with Crippen LogP contribution in [0.4, 0.5) is 4.39 Å². The molecule has 68 valence electrons. The molecule has 1 nitrogen and oxygen atoms in total. The first kappa shape index (κ1) is 9.21. The Bertz CT molecular complexity index is 450. The van der Waals surface area contributed by atoms with Gasteiger partial charge in [0, 0.05) is 9.86 Å². The van der Waals surface area contributed by atoms with Crippen molar-refractivity contribution in [2.75, 3.05) is 0 Å². The molecule has 13 heavy (non-hydrogen) atoms. The number of furan rings is 1. The topological polar surface area (TPSA) is 13.1 Å².